The maximum Gasteiger partial charge on any atom is 0.126 e. The molecule has 1 atom stereocenters. The van der Waals surface area contributed by atoms with Crippen LogP contribution in [-0.4, -0.2) is 6.54 Å². The van der Waals surface area contributed by atoms with Gasteiger partial charge in [-0.2, -0.15) is 0 Å². The Hall–Kier alpha value is -1.74. The van der Waals surface area contributed by atoms with Gasteiger partial charge < -0.3 is 5.32 Å². The van der Waals surface area contributed by atoms with E-state index < -0.39 is 11.6 Å². The van der Waals surface area contributed by atoms with Crippen molar-refractivity contribution >= 4 is 0 Å². The molecule has 106 valence electrons. The van der Waals surface area contributed by atoms with Gasteiger partial charge in [-0.05, 0) is 41.8 Å². The lowest BCUT2D eigenvalue weighted by atomic mass is 9.93. The van der Waals surface area contributed by atoms with Crippen molar-refractivity contribution in [3.8, 4) is 0 Å². The molecule has 20 heavy (non-hydrogen) atoms. The molecule has 1 N–H and O–H groups in total. The van der Waals surface area contributed by atoms with E-state index >= 15 is 0 Å². The largest absolute Gasteiger partial charge is 0.307 e. The van der Waals surface area contributed by atoms with Gasteiger partial charge in [0.25, 0.3) is 0 Å². The summed E-state index contributed by atoms with van der Waals surface area (Å²) in [6.45, 7) is 4.78. The Labute approximate surface area is 118 Å². The van der Waals surface area contributed by atoms with Crippen LogP contribution in [0, 0.1) is 11.6 Å². The normalized spacial score (nSPS) is 12.4. The fourth-order valence-electron chi connectivity index (χ4n) is 2.49. The molecule has 3 heteroatoms. The van der Waals surface area contributed by atoms with Gasteiger partial charge in [0, 0.05) is 6.07 Å². The summed E-state index contributed by atoms with van der Waals surface area (Å²) in [4.78, 5) is 0. The Bertz CT molecular complexity index is 561. The zero-order valence-electron chi connectivity index (χ0n) is 11.8. The summed E-state index contributed by atoms with van der Waals surface area (Å²) in [6, 6.07) is 11.5. The monoisotopic (exact) mass is 275 g/mol. The van der Waals surface area contributed by atoms with Gasteiger partial charge in [0.2, 0.25) is 0 Å². The third kappa shape index (κ3) is 3.23. The van der Waals surface area contributed by atoms with Crippen molar-refractivity contribution in [2.24, 2.45) is 0 Å². The van der Waals surface area contributed by atoms with Crippen LogP contribution in [0.5, 0.6) is 0 Å². The van der Waals surface area contributed by atoms with E-state index in [1.54, 1.807) is 0 Å². The number of benzene rings is 2. The van der Waals surface area contributed by atoms with Crippen molar-refractivity contribution in [3.63, 3.8) is 0 Å². The van der Waals surface area contributed by atoms with Gasteiger partial charge in [0.1, 0.15) is 11.6 Å². The first kappa shape index (κ1) is 14.7. The lowest BCUT2D eigenvalue weighted by Crippen LogP contribution is -2.23. The molecule has 2 aromatic carbocycles. The zero-order valence-corrected chi connectivity index (χ0v) is 11.8. The minimum Gasteiger partial charge on any atom is -0.307 e. The van der Waals surface area contributed by atoms with E-state index in [0.717, 1.165) is 24.6 Å². The van der Waals surface area contributed by atoms with E-state index in [1.807, 2.05) is 25.1 Å². The minimum absolute atomic E-state index is 0.193. The number of hydrogen-bond acceptors (Lipinski definition) is 1. The molecule has 0 aromatic heterocycles. The SMILES string of the molecule is CCNC(c1cc(F)cc(F)c1)c1ccccc1CC. The highest BCUT2D eigenvalue weighted by Crippen LogP contribution is 2.26. The lowest BCUT2D eigenvalue weighted by Gasteiger charge is -2.22. The standard InChI is InChI=1S/C17H19F2N/c1-3-12-7-5-6-8-16(12)17(20-4-2)13-9-14(18)11-15(19)10-13/h5-11,17,20H,3-4H2,1-2H3. The van der Waals surface area contributed by atoms with E-state index in [4.69, 9.17) is 0 Å². The predicted octanol–water partition coefficient (Wildman–Crippen LogP) is 4.23. The first-order valence-corrected chi connectivity index (χ1v) is 6.92. The van der Waals surface area contributed by atoms with Crippen LogP contribution in [-0.2, 0) is 6.42 Å². The van der Waals surface area contributed by atoms with Crippen LogP contribution in [0.3, 0.4) is 0 Å². The number of aryl methyl sites for hydroxylation is 1. The van der Waals surface area contributed by atoms with Crippen LogP contribution in [0.4, 0.5) is 8.78 Å². The van der Waals surface area contributed by atoms with Crippen LogP contribution < -0.4 is 5.32 Å². The quantitative estimate of drug-likeness (QED) is 0.861. The van der Waals surface area contributed by atoms with E-state index in [9.17, 15) is 8.78 Å². The van der Waals surface area contributed by atoms with Gasteiger partial charge in [-0.25, -0.2) is 8.78 Å². The Morgan fingerprint density at radius 1 is 1.00 bits per heavy atom. The van der Waals surface area contributed by atoms with Crippen LogP contribution in [0.25, 0.3) is 0 Å². The molecule has 1 unspecified atom stereocenters. The molecule has 0 amide bonds. The topological polar surface area (TPSA) is 12.0 Å². The summed E-state index contributed by atoms with van der Waals surface area (Å²) < 4.78 is 26.9. The van der Waals surface area contributed by atoms with Crippen molar-refractivity contribution < 1.29 is 8.78 Å². The van der Waals surface area contributed by atoms with Gasteiger partial charge in [-0.1, -0.05) is 38.1 Å². The number of hydrogen-bond donors (Lipinski definition) is 1. The highest BCUT2D eigenvalue weighted by Gasteiger charge is 2.17. The highest BCUT2D eigenvalue weighted by molar-refractivity contribution is 5.37. The van der Waals surface area contributed by atoms with E-state index in [2.05, 4.69) is 18.3 Å². The number of nitrogens with one attached hydrogen (secondary N) is 1. The molecule has 1 nitrogen and oxygen atoms in total. The molecule has 0 bridgehead atoms. The summed E-state index contributed by atoms with van der Waals surface area (Å²) in [5.41, 5.74) is 2.87. The Kier molecular flexibility index (Phi) is 4.85. The summed E-state index contributed by atoms with van der Waals surface area (Å²) >= 11 is 0. The maximum absolute atomic E-state index is 13.5. The first-order chi connectivity index (χ1) is 9.65. The second kappa shape index (κ2) is 6.62. The average Bonchev–Trinajstić information content (AvgIpc) is 2.43. The number of rotatable bonds is 5. The molecule has 0 aliphatic rings. The second-order valence-electron chi connectivity index (χ2n) is 4.75. The van der Waals surface area contributed by atoms with Crippen LogP contribution in [0.1, 0.15) is 36.6 Å². The molecule has 0 saturated carbocycles. The Morgan fingerprint density at radius 2 is 1.65 bits per heavy atom. The van der Waals surface area contributed by atoms with Crippen LogP contribution in [0.15, 0.2) is 42.5 Å². The summed E-state index contributed by atoms with van der Waals surface area (Å²) in [5.74, 6) is -1.09. The molecular weight excluding hydrogens is 256 g/mol. The van der Waals surface area contributed by atoms with E-state index in [1.165, 1.54) is 17.7 Å². The molecule has 0 aliphatic carbocycles. The van der Waals surface area contributed by atoms with E-state index in [-0.39, 0.29) is 6.04 Å². The summed E-state index contributed by atoms with van der Waals surface area (Å²) in [7, 11) is 0. The highest BCUT2D eigenvalue weighted by atomic mass is 19.1. The van der Waals surface area contributed by atoms with Gasteiger partial charge in [0.05, 0.1) is 6.04 Å². The smallest absolute Gasteiger partial charge is 0.126 e. The van der Waals surface area contributed by atoms with Crippen molar-refractivity contribution in [3.05, 3.63) is 70.8 Å². The molecule has 0 heterocycles. The molecule has 2 rings (SSSR count). The van der Waals surface area contributed by atoms with Crippen LogP contribution >= 0.6 is 0 Å². The van der Waals surface area contributed by atoms with E-state index in [0.29, 0.717) is 5.56 Å². The molecule has 0 saturated heterocycles. The van der Waals surface area contributed by atoms with Crippen molar-refractivity contribution in [2.75, 3.05) is 6.54 Å². The zero-order chi connectivity index (χ0) is 14.5. The van der Waals surface area contributed by atoms with Crippen molar-refractivity contribution in [2.45, 2.75) is 26.3 Å². The molecule has 2 aromatic rings. The Balaban J connectivity index is 2.50. The van der Waals surface area contributed by atoms with Gasteiger partial charge in [-0.3, -0.25) is 0 Å². The predicted molar refractivity (Wildman–Crippen MR) is 77.7 cm³/mol. The van der Waals surface area contributed by atoms with Crippen molar-refractivity contribution in [1.29, 1.82) is 0 Å². The minimum atomic E-state index is -0.545. The Morgan fingerprint density at radius 3 is 2.25 bits per heavy atom. The van der Waals surface area contributed by atoms with Gasteiger partial charge in [0.15, 0.2) is 0 Å². The van der Waals surface area contributed by atoms with Gasteiger partial charge in [-0.15, -0.1) is 0 Å². The summed E-state index contributed by atoms with van der Waals surface area (Å²) in [5, 5.41) is 3.31. The molecule has 0 radical (unpaired) electrons. The molecule has 0 aliphatic heterocycles. The molecule has 0 spiro atoms. The molecule has 0 fully saturated rings. The lowest BCUT2D eigenvalue weighted by molar-refractivity contribution is 0.564. The number of halogens is 2. The fourth-order valence-corrected chi connectivity index (χ4v) is 2.49. The van der Waals surface area contributed by atoms with Crippen LogP contribution in [0.2, 0.25) is 0 Å². The fraction of sp³-hybridized carbons (Fsp3) is 0.294. The maximum atomic E-state index is 13.5. The van der Waals surface area contributed by atoms with Gasteiger partial charge >= 0.3 is 0 Å². The first-order valence-electron chi connectivity index (χ1n) is 6.92. The summed E-state index contributed by atoms with van der Waals surface area (Å²) in [6.07, 6.45) is 0.885. The van der Waals surface area contributed by atoms with Crippen molar-refractivity contribution in [1.82, 2.24) is 5.32 Å². The third-order valence-corrected chi connectivity index (χ3v) is 3.37. The molecular formula is C17H19F2N. The second-order valence-corrected chi connectivity index (χ2v) is 4.75. The third-order valence-electron chi connectivity index (χ3n) is 3.37. The average molecular weight is 275 g/mol.